The Labute approximate surface area is 120 Å². The lowest BCUT2D eigenvalue weighted by atomic mass is 9.91. The first kappa shape index (κ1) is 15.0. The molecule has 0 spiro atoms. The van der Waals surface area contributed by atoms with Gasteiger partial charge in [-0.25, -0.2) is 0 Å². The maximum Gasteiger partial charge on any atom is 0.227 e. The first-order chi connectivity index (χ1) is 9.63. The summed E-state index contributed by atoms with van der Waals surface area (Å²) in [5.41, 5.74) is 9.57. The number of carbonyl (C=O) groups is 1. The zero-order chi connectivity index (χ0) is 14.5. The molecule has 1 atom stereocenters. The van der Waals surface area contributed by atoms with Crippen molar-refractivity contribution in [1.82, 2.24) is 4.90 Å². The fourth-order valence-corrected chi connectivity index (χ4v) is 2.73. The standard InChI is InChI=1S/C16H24N2O2/c1-12-4-3-5-13(2)15(12)10-14(11-17)16(19)18-6-8-20-9-7-18/h3-5,14H,6-11,17H2,1-2H3. The highest BCUT2D eigenvalue weighted by Gasteiger charge is 2.25. The number of hydrogen-bond acceptors (Lipinski definition) is 3. The third kappa shape index (κ3) is 3.38. The average molecular weight is 276 g/mol. The van der Waals surface area contributed by atoms with Crippen LogP contribution in [0.4, 0.5) is 0 Å². The summed E-state index contributed by atoms with van der Waals surface area (Å²) in [4.78, 5) is 14.4. The Morgan fingerprint density at radius 3 is 2.45 bits per heavy atom. The van der Waals surface area contributed by atoms with E-state index in [0.717, 1.165) is 6.42 Å². The van der Waals surface area contributed by atoms with Gasteiger partial charge in [0, 0.05) is 19.6 Å². The van der Waals surface area contributed by atoms with Crippen LogP contribution < -0.4 is 5.73 Å². The Morgan fingerprint density at radius 1 is 1.30 bits per heavy atom. The summed E-state index contributed by atoms with van der Waals surface area (Å²) in [5.74, 6) is 0.0337. The van der Waals surface area contributed by atoms with Gasteiger partial charge in [-0.2, -0.15) is 0 Å². The van der Waals surface area contributed by atoms with Crippen molar-refractivity contribution in [3.63, 3.8) is 0 Å². The molecule has 0 saturated carbocycles. The minimum atomic E-state index is -0.132. The second kappa shape index (κ2) is 6.86. The van der Waals surface area contributed by atoms with Crippen LogP contribution in [0.15, 0.2) is 18.2 Å². The maximum absolute atomic E-state index is 12.5. The zero-order valence-electron chi connectivity index (χ0n) is 12.4. The highest BCUT2D eigenvalue weighted by atomic mass is 16.5. The van der Waals surface area contributed by atoms with Gasteiger partial charge in [0.15, 0.2) is 0 Å². The normalized spacial score (nSPS) is 17.1. The highest BCUT2D eigenvalue weighted by Crippen LogP contribution is 2.19. The van der Waals surface area contributed by atoms with Gasteiger partial charge in [-0.15, -0.1) is 0 Å². The van der Waals surface area contributed by atoms with Crippen molar-refractivity contribution in [2.24, 2.45) is 11.7 Å². The summed E-state index contributed by atoms with van der Waals surface area (Å²) in [5, 5.41) is 0. The van der Waals surface area contributed by atoms with Gasteiger partial charge in [0.2, 0.25) is 5.91 Å². The SMILES string of the molecule is Cc1cccc(C)c1CC(CN)C(=O)N1CCOCC1. The Bertz CT molecular complexity index is 447. The van der Waals surface area contributed by atoms with Crippen LogP contribution in [0.5, 0.6) is 0 Å². The predicted molar refractivity (Wildman–Crippen MR) is 79.6 cm³/mol. The molecule has 1 aromatic rings. The van der Waals surface area contributed by atoms with Gasteiger partial charge in [-0.1, -0.05) is 18.2 Å². The van der Waals surface area contributed by atoms with E-state index < -0.39 is 0 Å². The maximum atomic E-state index is 12.5. The van der Waals surface area contributed by atoms with E-state index in [-0.39, 0.29) is 11.8 Å². The smallest absolute Gasteiger partial charge is 0.227 e. The molecule has 4 nitrogen and oxygen atoms in total. The summed E-state index contributed by atoms with van der Waals surface area (Å²) >= 11 is 0. The van der Waals surface area contributed by atoms with E-state index in [1.165, 1.54) is 16.7 Å². The minimum Gasteiger partial charge on any atom is -0.378 e. The molecule has 2 rings (SSSR count). The monoisotopic (exact) mass is 276 g/mol. The number of morpholine rings is 1. The van der Waals surface area contributed by atoms with E-state index in [9.17, 15) is 4.79 Å². The van der Waals surface area contributed by atoms with E-state index in [2.05, 4.69) is 32.0 Å². The Morgan fingerprint density at radius 2 is 1.90 bits per heavy atom. The number of carbonyl (C=O) groups excluding carboxylic acids is 1. The Kier molecular flexibility index (Phi) is 5.15. The third-order valence-corrected chi connectivity index (χ3v) is 4.05. The van der Waals surface area contributed by atoms with Crippen LogP contribution in [0.2, 0.25) is 0 Å². The molecule has 2 N–H and O–H groups in total. The summed E-state index contributed by atoms with van der Waals surface area (Å²) in [7, 11) is 0. The van der Waals surface area contributed by atoms with Crippen molar-refractivity contribution in [3.05, 3.63) is 34.9 Å². The number of rotatable bonds is 4. The van der Waals surface area contributed by atoms with Crippen molar-refractivity contribution in [2.45, 2.75) is 20.3 Å². The summed E-state index contributed by atoms with van der Waals surface area (Å²) < 4.78 is 5.29. The van der Waals surface area contributed by atoms with E-state index in [4.69, 9.17) is 10.5 Å². The van der Waals surface area contributed by atoms with E-state index >= 15 is 0 Å². The van der Waals surface area contributed by atoms with Crippen molar-refractivity contribution in [1.29, 1.82) is 0 Å². The minimum absolute atomic E-state index is 0.132. The second-order valence-corrected chi connectivity index (χ2v) is 5.44. The zero-order valence-corrected chi connectivity index (χ0v) is 12.4. The van der Waals surface area contributed by atoms with Gasteiger partial charge in [0.25, 0.3) is 0 Å². The van der Waals surface area contributed by atoms with Crippen LogP contribution >= 0.6 is 0 Å². The molecule has 1 aliphatic rings. The predicted octanol–water partition coefficient (Wildman–Crippen LogP) is 1.28. The van der Waals surface area contributed by atoms with E-state index in [0.29, 0.717) is 32.8 Å². The number of aryl methyl sites for hydroxylation is 2. The number of nitrogens with two attached hydrogens (primary N) is 1. The number of nitrogens with zero attached hydrogens (tertiary/aromatic N) is 1. The molecule has 1 heterocycles. The van der Waals surface area contributed by atoms with Crippen LogP contribution in [-0.2, 0) is 16.0 Å². The summed E-state index contributed by atoms with van der Waals surface area (Å²) in [6.45, 7) is 7.21. The molecule has 0 aromatic heterocycles. The molecule has 1 fully saturated rings. The topological polar surface area (TPSA) is 55.6 Å². The van der Waals surface area contributed by atoms with Gasteiger partial charge in [0.1, 0.15) is 0 Å². The van der Waals surface area contributed by atoms with E-state index in [1.807, 2.05) is 4.90 Å². The van der Waals surface area contributed by atoms with Crippen molar-refractivity contribution >= 4 is 5.91 Å². The van der Waals surface area contributed by atoms with Gasteiger partial charge < -0.3 is 15.4 Å². The molecular formula is C16H24N2O2. The quantitative estimate of drug-likeness (QED) is 0.901. The molecule has 0 aliphatic carbocycles. The van der Waals surface area contributed by atoms with Crippen molar-refractivity contribution in [2.75, 3.05) is 32.8 Å². The average Bonchev–Trinajstić information content (AvgIpc) is 2.47. The third-order valence-electron chi connectivity index (χ3n) is 4.05. The highest BCUT2D eigenvalue weighted by molar-refractivity contribution is 5.79. The molecule has 1 unspecified atom stereocenters. The number of benzene rings is 1. The van der Waals surface area contributed by atoms with Gasteiger partial charge in [-0.05, 0) is 37.0 Å². The fraction of sp³-hybridized carbons (Fsp3) is 0.562. The van der Waals surface area contributed by atoms with Gasteiger partial charge in [-0.3, -0.25) is 4.79 Å². The van der Waals surface area contributed by atoms with Crippen LogP contribution in [0.25, 0.3) is 0 Å². The van der Waals surface area contributed by atoms with Gasteiger partial charge >= 0.3 is 0 Å². The van der Waals surface area contributed by atoms with Crippen LogP contribution in [0, 0.1) is 19.8 Å². The van der Waals surface area contributed by atoms with Crippen molar-refractivity contribution in [3.8, 4) is 0 Å². The lowest BCUT2D eigenvalue weighted by Gasteiger charge is -2.30. The van der Waals surface area contributed by atoms with Crippen LogP contribution in [0.3, 0.4) is 0 Å². The van der Waals surface area contributed by atoms with Crippen LogP contribution in [0.1, 0.15) is 16.7 Å². The molecule has 1 saturated heterocycles. The first-order valence-electron chi connectivity index (χ1n) is 7.25. The molecule has 4 heteroatoms. The molecule has 1 amide bonds. The van der Waals surface area contributed by atoms with E-state index in [1.54, 1.807) is 0 Å². The largest absolute Gasteiger partial charge is 0.378 e. The molecular weight excluding hydrogens is 252 g/mol. The molecule has 20 heavy (non-hydrogen) atoms. The molecule has 0 radical (unpaired) electrons. The fourth-order valence-electron chi connectivity index (χ4n) is 2.73. The Hall–Kier alpha value is -1.39. The number of hydrogen-bond donors (Lipinski definition) is 1. The first-order valence-corrected chi connectivity index (χ1v) is 7.25. The number of ether oxygens (including phenoxy) is 1. The molecule has 0 bridgehead atoms. The van der Waals surface area contributed by atoms with Crippen molar-refractivity contribution < 1.29 is 9.53 Å². The Balaban J connectivity index is 2.10. The molecule has 1 aliphatic heterocycles. The lowest BCUT2D eigenvalue weighted by Crippen LogP contribution is -2.46. The molecule has 1 aromatic carbocycles. The van der Waals surface area contributed by atoms with Crippen LogP contribution in [-0.4, -0.2) is 43.7 Å². The number of amides is 1. The lowest BCUT2D eigenvalue weighted by molar-refractivity contribution is -0.139. The summed E-state index contributed by atoms with van der Waals surface area (Å²) in [6.07, 6.45) is 0.727. The molecule has 110 valence electrons. The summed E-state index contributed by atoms with van der Waals surface area (Å²) in [6, 6.07) is 6.24. The van der Waals surface area contributed by atoms with Gasteiger partial charge in [0.05, 0.1) is 19.1 Å². The second-order valence-electron chi connectivity index (χ2n) is 5.44.